The molecule has 38 heavy (non-hydrogen) atoms. The molecule has 2 fully saturated rings. The number of nitrogens with one attached hydrogen (secondary N) is 2. The largest absolute Gasteiger partial charge is 0.471 e. The molecule has 1 aliphatic carbocycles. The average Bonchev–Trinajstić information content (AvgIpc) is 3.17. The summed E-state index contributed by atoms with van der Waals surface area (Å²) in [6, 6.07) is 1.85. The number of halogens is 3. The highest BCUT2D eigenvalue weighted by Crippen LogP contribution is 2.65. The molecule has 3 amide bonds. The lowest BCUT2D eigenvalue weighted by Crippen LogP contribution is -2.59. The SMILES string of the molecule is CN(C)C[C@H](NC(=O)C(F)(F)F)C(=O)N1C[C@H]2[C@@H]([C@H]1C(=O)NC(C#N)c1cncc3cccnc13)C2(C)C. The summed E-state index contributed by atoms with van der Waals surface area (Å²) in [6.45, 7) is 3.86. The number of rotatable bonds is 7. The molecule has 2 aliphatic rings. The van der Waals surface area contributed by atoms with Crippen molar-refractivity contribution in [2.45, 2.75) is 38.1 Å². The van der Waals surface area contributed by atoms with E-state index in [9.17, 15) is 32.8 Å². The number of pyridine rings is 2. The molecule has 1 aliphatic heterocycles. The van der Waals surface area contributed by atoms with E-state index in [1.54, 1.807) is 43.9 Å². The van der Waals surface area contributed by atoms with Crippen LogP contribution in [0.3, 0.4) is 0 Å². The Morgan fingerprint density at radius 3 is 2.61 bits per heavy atom. The summed E-state index contributed by atoms with van der Waals surface area (Å²) < 4.78 is 38.9. The predicted octanol–water partition coefficient (Wildman–Crippen LogP) is 1.40. The molecule has 0 radical (unpaired) electrons. The van der Waals surface area contributed by atoms with Gasteiger partial charge in [-0.2, -0.15) is 18.4 Å². The molecule has 5 atom stereocenters. The standard InChI is InChI=1S/C25H28F3N7O3/c1-24(2)15-11-35(22(37)17(12-34(3)4)33-23(38)25(26,27)28)20(18(15)24)21(36)32-16(8-29)14-10-30-9-13-6-5-7-31-19(13)14/h5-7,9-10,15-18,20H,11-12H2,1-4H3,(H,32,36)(H,33,38)/t15-,16?,17-,18-,20-/m0/s1. The first-order valence-electron chi connectivity index (χ1n) is 12.0. The highest BCUT2D eigenvalue weighted by Gasteiger charge is 2.69. The van der Waals surface area contributed by atoms with E-state index in [1.807, 2.05) is 19.9 Å². The Kier molecular flexibility index (Phi) is 7.05. The Balaban J connectivity index is 1.61. The zero-order chi connectivity index (χ0) is 28.0. The van der Waals surface area contributed by atoms with E-state index in [-0.39, 0.29) is 30.3 Å². The number of aromatic nitrogens is 2. The van der Waals surface area contributed by atoms with Crippen LogP contribution in [0.5, 0.6) is 0 Å². The minimum Gasteiger partial charge on any atom is -0.335 e. The maximum atomic E-state index is 13.6. The molecule has 1 saturated carbocycles. The number of alkyl halides is 3. The molecule has 0 spiro atoms. The van der Waals surface area contributed by atoms with Gasteiger partial charge in [-0.1, -0.05) is 13.8 Å². The van der Waals surface area contributed by atoms with Gasteiger partial charge in [0.15, 0.2) is 0 Å². The van der Waals surface area contributed by atoms with Crippen LogP contribution in [0.1, 0.15) is 25.5 Å². The Morgan fingerprint density at radius 2 is 1.97 bits per heavy atom. The molecule has 1 unspecified atom stereocenters. The normalized spacial score (nSPS) is 23.3. The zero-order valence-electron chi connectivity index (χ0n) is 21.3. The molecule has 4 rings (SSSR count). The van der Waals surface area contributed by atoms with E-state index in [0.29, 0.717) is 16.5 Å². The maximum absolute atomic E-state index is 13.6. The van der Waals surface area contributed by atoms with E-state index in [4.69, 9.17) is 0 Å². The number of hydrogen-bond donors (Lipinski definition) is 2. The number of likely N-dealkylation sites (tertiary alicyclic amines) is 1. The number of fused-ring (bicyclic) bond motifs is 2. The van der Waals surface area contributed by atoms with Gasteiger partial charge in [-0.25, -0.2) is 0 Å². The fourth-order valence-electron chi connectivity index (χ4n) is 5.44. The van der Waals surface area contributed by atoms with E-state index in [1.165, 1.54) is 16.0 Å². The number of nitrogens with zero attached hydrogens (tertiary/aromatic N) is 5. The van der Waals surface area contributed by atoms with Gasteiger partial charge in [-0.05, 0) is 43.5 Å². The van der Waals surface area contributed by atoms with Crippen molar-refractivity contribution in [2.24, 2.45) is 17.3 Å². The van der Waals surface area contributed by atoms with Crippen LogP contribution in [0, 0.1) is 28.6 Å². The van der Waals surface area contributed by atoms with Crippen molar-refractivity contribution in [3.8, 4) is 6.07 Å². The van der Waals surface area contributed by atoms with Crippen LogP contribution in [0.2, 0.25) is 0 Å². The summed E-state index contributed by atoms with van der Waals surface area (Å²) in [7, 11) is 3.11. The summed E-state index contributed by atoms with van der Waals surface area (Å²) in [5.41, 5.74) is 0.582. The van der Waals surface area contributed by atoms with Crippen LogP contribution in [0.15, 0.2) is 30.7 Å². The molecule has 13 heteroatoms. The first-order valence-corrected chi connectivity index (χ1v) is 12.0. The van der Waals surface area contributed by atoms with E-state index in [0.717, 1.165) is 0 Å². The second-order valence-electron chi connectivity index (χ2n) is 10.5. The van der Waals surface area contributed by atoms with Crippen LogP contribution < -0.4 is 10.6 Å². The number of hydrogen-bond acceptors (Lipinski definition) is 7. The molecule has 1 saturated heterocycles. The summed E-state index contributed by atoms with van der Waals surface area (Å²) in [5.74, 6) is -3.94. The van der Waals surface area contributed by atoms with E-state index in [2.05, 4.69) is 15.3 Å². The van der Waals surface area contributed by atoms with Crippen LogP contribution in [0.4, 0.5) is 13.2 Å². The Labute approximate surface area is 217 Å². The van der Waals surface area contributed by atoms with Crippen LogP contribution in [-0.4, -0.2) is 82.9 Å². The molecule has 3 heterocycles. The predicted molar refractivity (Wildman–Crippen MR) is 129 cm³/mol. The Morgan fingerprint density at radius 1 is 1.26 bits per heavy atom. The zero-order valence-corrected chi connectivity index (χ0v) is 21.3. The van der Waals surface area contributed by atoms with Gasteiger partial charge in [0.2, 0.25) is 11.8 Å². The minimum absolute atomic E-state index is 0.0538. The van der Waals surface area contributed by atoms with Crippen molar-refractivity contribution in [3.05, 3.63) is 36.3 Å². The fourth-order valence-corrected chi connectivity index (χ4v) is 5.44. The van der Waals surface area contributed by atoms with E-state index >= 15 is 0 Å². The lowest BCUT2D eigenvalue weighted by molar-refractivity contribution is -0.175. The molecule has 0 bridgehead atoms. The van der Waals surface area contributed by atoms with Crippen molar-refractivity contribution in [1.29, 1.82) is 5.26 Å². The molecule has 0 aromatic carbocycles. The number of amides is 3. The van der Waals surface area contributed by atoms with E-state index < -0.39 is 42.0 Å². The van der Waals surface area contributed by atoms with Crippen molar-refractivity contribution >= 4 is 28.6 Å². The fraction of sp³-hybridized carbons (Fsp3) is 0.520. The molecule has 2 aromatic heterocycles. The molecule has 202 valence electrons. The third-order valence-corrected chi connectivity index (χ3v) is 7.44. The molecule has 10 nitrogen and oxygen atoms in total. The first kappa shape index (κ1) is 27.3. The Hall–Kier alpha value is -3.79. The van der Waals surface area contributed by atoms with Crippen LogP contribution >= 0.6 is 0 Å². The summed E-state index contributed by atoms with van der Waals surface area (Å²) in [4.78, 5) is 49.9. The molecular weight excluding hydrogens is 503 g/mol. The lowest BCUT2D eigenvalue weighted by Gasteiger charge is -2.34. The topological polar surface area (TPSA) is 131 Å². The van der Waals surface area contributed by atoms with Crippen molar-refractivity contribution < 1.29 is 27.6 Å². The third-order valence-electron chi connectivity index (χ3n) is 7.44. The monoisotopic (exact) mass is 531 g/mol. The minimum atomic E-state index is -5.17. The van der Waals surface area contributed by atoms with Gasteiger partial charge >= 0.3 is 12.1 Å². The van der Waals surface area contributed by atoms with Gasteiger partial charge in [0, 0.05) is 42.6 Å². The van der Waals surface area contributed by atoms with Crippen LogP contribution in [-0.2, 0) is 14.4 Å². The first-order chi connectivity index (χ1) is 17.8. The van der Waals surface area contributed by atoms with Gasteiger partial charge in [0.1, 0.15) is 18.1 Å². The van der Waals surface area contributed by atoms with Gasteiger partial charge in [0.05, 0.1) is 11.6 Å². The van der Waals surface area contributed by atoms with Gasteiger partial charge in [-0.3, -0.25) is 24.4 Å². The smallest absolute Gasteiger partial charge is 0.335 e. The van der Waals surface area contributed by atoms with Gasteiger partial charge in [0.25, 0.3) is 0 Å². The number of carbonyl (C=O) groups excluding carboxylic acids is 3. The highest BCUT2D eigenvalue weighted by molar-refractivity contribution is 5.95. The van der Waals surface area contributed by atoms with Crippen molar-refractivity contribution in [2.75, 3.05) is 27.2 Å². The summed E-state index contributed by atoms with van der Waals surface area (Å²) >= 11 is 0. The van der Waals surface area contributed by atoms with Gasteiger partial charge < -0.3 is 20.4 Å². The second-order valence-corrected chi connectivity index (χ2v) is 10.5. The maximum Gasteiger partial charge on any atom is 0.471 e. The van der Waals surface area contributed by atoms with Crippen molar-refractivity contribution in [3.63, 3.8) is 0 Å². The van der Waals surface area contributed by atoms with Crippen molar-refractivity contribution in [1.82, 2.24) is 30.4 Å². The summed E-state index contributed by atoms with van der Waals surface area (Å²) in [5, 5.41) is 15.0. The number of nitriles is 1. The number of likely N-dealkylation sites (N-methyl/N-ethyl adjacent to an activating group) is 1. The number of carbonyl (C=O) groups is 3. The quantitative estimate of drug-likeness (QED) is 0.552. The molecular formula is C25H28F3N7O3. The second kappa shape index (κ2) is 9.83. The third kappa shape index (κ3) is 5.00. The summed E-state index contributed by atoms with van der Waals surface area (Å²) in [6.07, 6.45) is -0.601. The molecule has 2 aromatic rings. The van der Waals surface area contributed by atoms with Crippen LogP contribution in [0.25, 0.3) is 10.9 Å². The van der Waals surface area contributed by atoms with Gasteiger partial charge in [-0.15, -0.1) is 0 Å². The number of piperidine rings is 1. The highest BCUT2D eigenvalue weighted by atomic mass is 19.4. The lowest BCUT2D eigenvalue weighted by atomic mass is 9.98. The molecule has 2 N–H and O–H groups in total. The Bertz CT molecular complexity index is 1300. The average molecular weight is 532 g/mol.